The van der Waals surface area contributed by atoms with E-state index < -0.39 is 10.1 Å². The predicted molar refractivity (Wildman–Crippen MR) is 60.9 cm³/mol. The quantitative estimate of drug-likeness (QED) is 0.607. The minimum Gasteiger partial charge on any atom is -0.398 e. The van der Waals surface area contributed by atoms with Crippen molar-refractivity contribution < 1.29 is 13.0 Å². The summed E-state index contributed by atoms with van der Waals surface area (Å²) < 4.78 is 31.0. The Morgan fingerprint density at radius 3 is 2.13 bits per heavy atom. The summed E-state index contributed by atoms with van der Waals surface area (Å²) in [5.74, 6) is 0. The van der Waals surface area contributed by atoms with Gasteiger partial charge in [0.15, 0.2) is 0 Å². The van der Waals surface area contributed by atoms with Gasteiger partial charge in [0.05, 0.1) is 0 Å². The summed E-state index contributed by atoms with van der Waals surface area (Å²) in [6, 6.07) is 2.63. The Labute approximate surface area is 88.5 Å². The number of anilines is 1. The van der Waals surface area contributed by atoms with Crippen LogP contribution >= 0.6 is 0 Å². The molecule has 3 N–H and O–H groups in total. The summed E-state index contributed by atoms with van der Waals surface area (Å²) in [5, 5.41) is 0. The zero-order valence-corrected chi connectivity index (χ0v) is 8.79. The third-order valence-corrected chi connectivity index (χ3v) is 2.88. The summed E-state index contributed by atoms with van der Waals surface area (Å²) in [4.78, 5) is -0.221. The van der Waals surface area contributed by atoms with Gasteiger partial charge in [-0.25, -0.2) is 0 Å². The second-order valence-corrected chi connectivity index (χ2v) is 4.25. The molecule has 15 heavy (non-hydrogen) atoms. The third-order valence-electron chi connectivity index (χ3n) is 1.97. The highest BCUT2D eigenvalue weighted by Gasteiger charge is 2.16. The smallest absolute Gasteiger partial charge is 0.295 e. The lowest BCUT2D eigenvalue weighted by Crippen LogP contribution is -2.04. The predicted octanol–water partition coefficient (Wildman–Crippen LogP) is 1.80. The van der Waals surface area contributed by atoms with Gasteiger partial charge < -0.3 is 5.73 Å². The van der Waals surface area contributed by atoms with Gasteiger partial charge in [0.1, 0.15) is 4.90 Å². The van der Waals surface area contributed by atoms with E-state index in [0.717, 1.165) is 0 Å². The molecule has 1 rings (SSSR count). The van der Waals surface area contributed by atoms with Gasteiger partial charge in [-0.05, 0) is 12.1 Å². The second-order valence-electron chi connectivity index (χ2n) is 2.86. The van der Waals surface area contributed by atoms with Crippen LogP contribution in [0.5, 0.6) is 0 Å². The third kappa shape index (κ3) is 2.08. The average Bonchev–Trinajstić information content (AvgIpc) is 2.15. The Hall–Kier alpha value is -1.59. The minimum atomic E-state index is -4.27. The summed E-state index contributed by atoms with van der Waals surface area (Å²) in [5.41, 5.74) is 6.71. The molecule has 0 atom stereocenters. The number of hydrogen-bond acceptors (Lipinski definition) is 3. The lowest BCUT2D eigenvalue weighted by molar-refractivity contribution is 0.483. The first-order chi connectivity index (χ1) is 6.91. The molecule has 0 aliphatic heterocycles. The number of benzene rings is 1. The van der Waals surface area contributed by atoms with Crippen LogP contribution in [0.15, 0.2) is 30.2 Å². The molecule has 0 aliphatic rings. The first-order valence-corrected chi connectivity index (χ1v) is 5.50. The molecule has 0 unspecified atom stereocenters. The number of nitrogen functional groups attached to an aromatic ring is 1. The highest BCUT2D eigenvalue weighted by atomic mass is 32.2. The van der Waals surface area contributed by atoms with Gasteiger partial charge in [-0.2, -0.15) is 8.42 Å². The zero-order valence-electron chi connectivity index (χ0n) is 7.97. The molecular weight excluding hydrogens is 214 g/mol. The largest absolute Gasteiger partial charge is 0.398 e. The highest BCUT2D eigenvalue weighted by Crippen LogP contribution is 2.26. The Morgan fingerprint density at radius 1 is 1.20 bits per heavy atom. The van der Waals surface area contributed by atoms with Gasteiger partial charge in [0.25, 0.3) is 10.1 Å². The molecule has 0 bridgehead atoms. The standard InChI is InChI=1S/C10H11NO3S/c1-3-7-8(4-2)10(15(12,13)14)6-5-9(7)11/h3-6H,1-2,11H2,(H,12,13,14). The van der Waals surface area contributed by atoms with Crippen LogP contribution in [0.1, 0.15) is 11.1 Å². The molecule has 1 aromatic rings. The summed E-state index contributed by atoms with van der Waals surface area (Å²) in [6.07, 6.45) is 2.73. The molecule has 5 heteroatoms. The SMILES string of the molecule is C=Cc1c(N)ccc(S(=O)(=O)O)c1C=C. The fraction of sp³-hybridized carbons (Fsp3) is 0. The Balaban J connectivity index is 3.71. The number of hydrogen-bond donors (Lipinski definition) is 2. The van der Waals surface area contributed by atoms with Gasteiger partial charge in [-0.1, -0.05) is 25.3 Å². The lowest BCUT2D eigenvalue weighted by Gasteiger charge is -2.09. The maximum Gasteiger partial charge on any atom is 0.295 e. The van der Waals surface area contributed by atoms with Crippen LogP contribution in [-0.2, 0) is 10.1 Å². The topological polar surface area (TPSA) is 80.4 Å². The van der Waals surface area contributed by atoms with E-state index >= 15 is 0 Å². The summed E-state index contributed by atoms with van der Waals surface area (Å²) in [6.45, 7) is 7.00. The first kappa shape index (κ1) is 11.5. The van der Waals surface area contributed by atoms with Crippen molar-refractivity contribution in [3.8, 4) is 0 Å². The molecule has 0 radical (unpaired) electrons. The van der Waals surface area contributed by atoms with Crippen molar-refractivity contribution >= 4 is 28.0 Å². The molecule has 1 aromatic carbocycles. The van der Waals surface area contributed by atoms with E-state index in [4.69, 9.17) is 10.3 Å². The van der Waals surface area contributed by atoms with Crippen molar-refractivity contribution in [1.29, 1.82) is 0 Å². The Morgan fingerprint density at radius 2 is 1.73 bits per heavy atom. The van der Waals surface area contributed by atoms with Gasteiger partial charge >= 0.3 is 0 Å². The normalized spacial score (nSPS) is 11.0. The average molecular weight is 225 g/mol. The second kappa shape index (κ2) is 3.88. The van der Waals surface area contributed by atoms with E-state index in [-0.39, 0.29) is 10.5 Å². The van der Waals surface area contributed by atoms with E-state index in [1.807, 2.05) is 0 Å². The van der Waals surface area contributed by atoms with Crippen LogP contribution in [-0.4, -0.2) is 13.0 Å². The van der Waals surface area contributed by atoms with Gasteiger partial charge in [-0.15, -0.1) is 0 Å². The molecule has 0 amide bonds. The van der Waals surface area contributed by atoms with E-state index in [0.29, 0.717) is 11.3 Å². The van der Waals surface area contributed by atoms with Crippen LogP contribution in [0.4, 0.5) is 5.69 Å². The van der Waals surface area contributed by atoms with E-state index in [2.05, 4.69) is 13.2 Å². The molecule has 0 saturated carbocycles. The van der Waals surface area contributed by atoms with Gasteiger partial charge in [0, 0.05) is 16.8 Å². The monoisotopic (exact) mass is 225 g/mol. The molecule has 80 valence electrons. The van der Waals surface area contributed by atoms with Crippen molar-refractivity contribution in [3.05, 3.63) is 36.4 Å². The lowest BCUT2D eigenvalue weighted by atomic mass is 10.1. The molecule has 0 aromatic heterocycles. The first-order valence-electron chi connectivity index (χ1n) is 4.06. The minimum absolute atomic E-state index is 0.221. The van der Waals surface area contributed by atoms with Crippen LogP contribution < -0.4 is 5.73 Å². The molecular formula is C10H11NO3S. The molecule has 0 aliphatic carbocycles. The zero-order chi connectivity index (χ0) is 11.6. The van der Waals surface area contributed by atoms with Gasteiger partial charge in [-0.3, -0.25) is 4.55 Å². The number of rotatable bonds is 3. The van der Waals surface area contributed by atoms with Crippen molar-refractivity contribution in [1.82, 2.24) is 0 Å². The van der Waals surface area contributed by atoms with Crippen LogP contribution in [0.3, 0.4) is 0 Å². The van der Waals surface area contributed by atoms with Gasteiger partial charge in [0.2, 0.25) is 0 Å². The fourth-order valence-electron chi connectivity index (χ4n) is 1.30. The summed E-state index contributed by atoms with van der Waals surface area (Å²) >= 11 is 0. The van der Waals surface area contributed by atoms with Crippen molar-refractivity contribution in [2.75, 3.05) is 5.73 Å². The molecule has 0 saturated heterocycles. The molecule has 4 nitrogen and oxygen atoms in total. The highest BCUT2D eigenvalue weighted by molar-refractivity contribution is 7.86. The number of nitrogens with two attached hydrogens (primary N) is 1. The maximum absolute atomic E-state index is 11.0. The Kier molecular flexibility index (Phi) is 2.97. The van der Waals surface area contributed by atoms with E-state index in [1.165, 1.54) is 24.3 Å². The fourth-order valence-corrected chi connectivity index (χ4v) is 2.01. The van der Waals surface area contributed by atoms with Crippen LogP contribution in [0.25, 0.3) is 12.2 Å². The van der Waals surface area contributed by atoms with Crippen molar-refractivity contribution in [2.45, 2.75) is 4.90 Å². The van der Waals surface area contributed by atoms with Crippen LogP contribution in [0.2, 0.25) is 0 Å². The molecule has 0 spiro atoms. The van der Waals surface area contributed by atoms with Crippen molar-refractivity contribution in [3.63, 3.8) is 0 Å². The molecule has 0 heterocycles. The summed E-state index contributed by atoms with van der Waals surface area (Å²) in [7, 11) is -4.27. The van der Waals surface area contributed by atoms with E-state index in [9.17, 15) is 8.42 Å². The van der Waals surface area contributed by atoms with Crippen LogP contribution in [0, 0.1) is 0 Å². The maximum atomic E-state index is 11.0. The van der Waals surface area contributed by atoms with Crippen molar-refractivity contribution in [2.24, 2.45) is 0 Å². The van der Waals surface area contributed by atoms with E-state index in [1.54, 1.807) is 0 Å². The Bertz CT molecular complexity index is 518. The molecule has 0 fully saturated rings.